The molecule has 1 aliphatic rings. The van der Waals surface area contributed by atoms with Gasteiger partial charge in [0.2, 0.25) is 0 Å². The standard InChI is InChI=1S/C25H38N3O5P/c1-7-26(8-2)20-10-9-19-15-22(25(30)32-23(19)16-20)24(29)27-13-11-21(12-14-27)33-34(31)28(17(3)4)18(5)6/h9-10,15-18,21,31H,7-8,11-14H2,1-6H3. The molecule has 188 valence electrons. The first kappa shape index (κ1) is 26.6. The van der Waals surface area contributed by atoms with Crippen molar-refractivity contribution in [2.24, 2.45) is 0 Å². The van der Waals surface area contributed by atoms with Crippen LogP contribution in [0.15, 0.2) is 33.5 Å². The molecule has 2 aromatic rings. The lowest BCUT2D eigenvalue weighted by atomic mass is 10.1. The van der Waals surface area contributed by atoms with Crippen LogP contribution in [0.2, 0.25) is 0 Å². The fourth-order valence-corrected chi connectivity index (χ4v) is 5.92. The Labute approximate surface area is 203 Å². The second-order valence-corrected chi connectivity index (χ2v) is 10.4. The van der Waals surface area contributed by atoms with Gasteiger partial charge in [-0.05, 0) is 72.6 Å². The minimum Gasteiger partial charge on any atom is -0.422 e. The molecule has 3 rings (SSSR count). The van der Waals surface area contributed by atoms with Gasteiger partial charge in [-0.1, -0.05) is 0 Å². The minimum atomic E-state index is -1.69. The van der Waals surface area contributed by atoms with Crippen molar-refractivity contribution in [3.8, 4) is 0 Å². The van der Waals surface area contributed by atoms with Crippen LogP contribution >= 0.6 is 8.53 Å². The first-order valence-electron chi connectivity index (χ1n) is 12.2. The molecular formula is C25H38N3O5P. The molecule has 0 radical (unpaired) electrons. The van der Waals surface area contributed by atoms with E-state index in [1.54, 1.807) is 11.0 Å². The molecule has 1 aliphatic heterocycles. The van der Waals surface area contributed by atoms with Gasteiger partial charge >= 0.3 is 5.63 Å². The van der Waals surface area contributed by atoms with Crippen LogP contribution in [0.5, 0.6) is 0 Å². The molecule has 1 amide bonds. The van der Waals surface area contributed by atoms with E-state index in [2.05, 4.69) is 18.7 Å². The predicted octanol–water partition coefficient (Wildman–Crippen LogP) is 4.60. The van der Waals surface area contributed by atoms with E-state index in [-0.39, 0.29) is 29.7 Å². The van der Waals surface area contributed by atoms with E-state index >= 15 is 0 Å². The fourth-order valence-electron chi connectivity index (χ4n) is 4.55. The Kier molecular flexibility index (Phi) is 9.10. The highest BCUT2D eigenvalue weighted by molar-refractivity contribution is 7.43. The van der Waals surface area contributed by atoms with Crippen molar-refractivity contribution < 1.29 is 18.6 Å². The van der Waals surface area contributed by atoms with Gasteiger partial charge in [0.1, 0.15) is 11.1 Å². The molecule has 0 spiro atoms. The van der Waals surface area contributed by atoms with E-state index in [0.29, 0.717) is 31.5 Å². The Morgan fingerprint density at radius 3 is 2.32 bits per heavy atom. The average Bonchev–Trinajstić information content (AvgIpc) is 2.79. The van der Waals surface area contributed by atoms with Crippen LogP contribution in [0.3, 0.4) is 0 Å². The Morgan fingerprint density at radius 2 is 1.76 bits per heavy atom. The summed E-state index contributed by atoms with van der Waals surface area (Å²) in [4.78, 5) is 40.2. The van der Waals surface area contributed by atoms with E-state index in [4.69, 9.17) is 8.94 Å². The number of nitrogens with zero attached hydrogens (tertiary/aromatic N) is 3. The number of likely N-dealkylation sites (tertiary alicyclic amines) is 1. The number of benzene rings is 1. The maximum atomic E-state index is 13.1. The molecule has 8 nitrogen and oxygen atoms in total. The molecule has 0 aliphatic carbocycles. The van der Waals surface area contributed by atoms with Gasteiger partial charge < -0.3 is 23.6 Å². The largest absolute Gasteiger partial charge is 0.422 e. The van der Waals surface area contributed by atoms with Gasteiger partial charge in [-0.25, -0.2) is 9.46 Å². The lowest BCUT2D eigenvalue weighted by Gasteiger charge is -2.37. The zero-order chi connectivity index (χ0) is 25.0. The third-order valence-electron chi connectivity index (χ3n) is 6.31. The van der Waals surface area contributed by atoms with Crippen LogP contribution in [0, 0.1) is 0 Å². The molecule has 1 atom stereocenters. The summed E-state index contributed by atoms with van der Waals surface area (Å²) in [5.74, 6) is -0.320. The summed E-state index contributed by atoms with van der Waals surface area (Å²) in [5, 5.41) is 0.727. The number of anilines is 1. The molecule has 2 heterocycles. The summed E-state index contributed by atoms with van der Waals surface area (Å²) < 4.78 is 13.5. The number of piperidine rings is 1. The first-order valence-corrected chi connectivity index (χ1v) is 13.4. The van der Waals surface area contributed by atoms with Crippen LogP contribution in [0.25, 0.3) is 11.0 Å². The van der Waals surface area contributed by atoms with Gasteiger partial charge in [0, 0.05) is 55.4 Å². The van der Waals surface area contributed by atoms with Crippen molar-refractivity contribution in [1.29, 1.82) is 0 Å². The van der Waals surface area contributed by atoms with Gasteiger partial charge in [-0.2, -0.15) is 0 Å². The highest BCUT2D eigenvalue weighted by Crippen LogP contribution is 2.43. The van der Waals surface area contributed by atoms with Crippen molar-refractivity contribution in [2.75, 3.05) is 31.1 Å². The van der Waals surface area contributed by atoms with Crippen LogP contribution < -0.4 is 10.5 Å². The number of carbonyl (C=O) groups is 1. The molecule has 34 heavy (non-hydrogen) atoms. The van der Waals surface area contributed by atoms with E-state index in [1.165, 1.54) is 0 Å². The Bertz CT molecular complexity index is 1020. The smallest absolute Gasteiger partial charge is 0.349 e. The second-order valence-electron chi connectivity index (χ2n) is 9.26. The lowest BCUT2D eigenvalue weighted by Crippen LogP contribution is -2.42. The first-order chi connectivity index (χ1) is 16.2. The van der Waals surface area contributed by atoms with E-state index in [1.807, 2.05) is 50.6 Å². The predicted molar refractivity (Wildman–Crippen MR) is 137 cm³/mol. The number of hydrogen-bond donors (Lipinski definition) is 1. The van der Waals surface area contributed by atoms with Crippen molar-refractivity contribution in [3.05, 3.63) is 40.2 Å². The fraction of sp³-hybridized carbons (Fsp3) is 0.600. The van der Waals surface area contributed by atoms with Gasteiger partial charge in [0.25, 0.3) is 14.4 Å². The van der Waals surface area contributed by atoms with Crippen LogP contribution in [-0.4, -0.2) is 64.7 Å². The number of amides is 1. The normalized spacial score (nSPS) is 16.1. The van der Waals surface area contributed by atoms with Crippen LogP contribution in [-0.2, 0) is 4.52 Å². The molecule has 1 fully saturated rings. The van der Waals surface area contributed by atoms with Crippen molar-refractivity contribution in [1.82, 2.24) is 9.57 Å². The summed E-state index contributed by atoms with van der Waals surface area (Å²) in [6.07, 6.45) is 1.11. The Morgan fingerprint density at radius 1 is 1.15 bits per heavy atom. The SMILES string of the molecule is CCN(CC)c1ccc2cc(C(=O)N3CCC(OP(O)N(C(C)C)C(C)C)CC3)c(=O)oc2c1. The molecule has 0 saturated carbocycles. The topological polar surface area (TPSA) is 86.5 Å². The minimum absolute atomic E-state index is 0.0534. The molecule has 1 aromatic heterocycles. The summed E-state index contributed by atoms with van der Waals surface area (Å²) in [7, 11) is -1.69. The highest BCUT2D eigenvalue weighted by Gasteiger charge is 2.31. The number of fused-ring (bicyclic) bond motifs is 1. The quantitative estimate of drug-likeness (QED) is 0.405. The molecule has 1 unspecified atom stereocenters. The third kappa shape index (κ3) is 5.98. The van der Waals surface area contributed by atoms with Crippen LogP contribution in [0.1, 0.15) is 64.7 Å². The maximum Gasteiger partial charge on any atom is 0.349 e. The van der Waals surface area contributed by atoms with E-state index in [0.717, 1.165) is 24.2 Å². The van der Waals surface area contributed by atoms with Gasteiger partial charge in [0.05, 0.1) is 6.10 Å². The maximum absolute atomic E-state index is 13.1. The molecule has 0 bridgehead atoms. The monoisotopic (exact) mass is 491 g/mol. The second kappa shape index (κ2) is 11.6. The molecule has 9 heteroatoms. The molecular weight excluding hydrogens is 453 g/mol. The Hall–Kier alpha value is -1.99. The van der Waals surface area contributed by atoms with Crippen molar-refractivity contribution in [2.45, 2.75) is 72.6 Å². The molecule has 1 N–H and O–H groups in total. The Balaban J connectivity index is 1.67. The summed E-state index contributed by atoms with van der Waals surface area (Å²) >= 11 is 0. The molecule has 1 aromatic carbocycles. The van der Waals surface area contributed by atoms with Crippen molar-refractivity contribution >= 4 is 31.1 Å². The molecule has 1 saturated heterocycles. The lowest BCUT2D eigenvalue weighted by molar-refractivity contribution is 0.0565. The van der Waals surface area contributed by atoms with Gasteiger partial charge in [0.15, 0.2) is 0 Å². The zero-order valence-corrected chi connectivity index (χ0v) is 22.0. The third-order valence-corrected chi connectivity index (χ3v) is 8.11. The zero-order valence-electron chi connectivity index (χ0n) is 21.2. The number of carbonyl (C=O) groups excluding carboxylic acids is 1. The van der Waals surface area contributed by atoms with Crippen LogP contribution in [0.4, 0.5) is 5.69 Å². The van der Waals surface area contributed by atoms with E-state index < -0.39 is 14.2 Å². The average molecular weight is 492 g/mol. The number of hydrogen-bond acceptors (Lipinski definition) is 7. The highest BCUT2D eigenvalue weighted by atomic mass is 31.2. The van der Waals surface area contributed by atoms with E-state index in [9.17, 15) is 14.5 Å². The summed E-state index contributed by atoms with van der Waals surface area (Å²) in [5.41, 5.74) is 0.905. The van der Waals surface area contributed by atoms with Crippen molar-refractivity contribution in [3.63, 3.8) is 0 Å². The van der Waals surface area contributed by atoms with Gasteiger partial charge in [-0.15, -0.1) is 0 Å². The number of rotatable bonds is 9. The summed E-state index contributed by atoms with van der Waals surface area (Å²) in [6, 6.07) is 7.71. The summed E-state index contributed by atoms with van der Waals surface area (Å²) in [6.45, 7) is 14.9. The van der Waals surface area contributed by atoms with Gasteiger partial charge in [-0.3, -0.25) is 4.79 Å².